The van der Waals surface area contributed by atoms with Gasteiger partial charge in [-0.25, -0.2) is 9.97 Å². The molecule has 2 amide bonds. The first-order valence-corrected chi connectivity index (χ1v) is 9.32. The Morgan fingerprint density at radius 1 is 1.00 bits per heavy atom. The molecule has 0 aliphatic carbocycles. The average molecular weight is 367 g/mol. The Morgan fingerprint density at radius 2 is 1.70 bits per heavy atom. The molecular formula is C20H25N5O2. The highest BCUT2D eigenvalue weighted by Crippen LogP contribution is 2.15. The number of benzene rings is 1. The Labute approximate surface area is 159 Å². The first kappa shape index (κ1) is 18.8. The monoisotopic (exact) mass is 367 g/mol. The summed E-state index contributed by atoms with van der Waals surface area (Å²) in [6, 6.07) is 11.5. The van der Waals surface area contributed by atoms with E-state index in [0.29, 0.717) is 19.4 Å². The largest absolute Gasteiger partial charge is 0.355 e. The molecule has 1 saturated heterocycles. The second kappa shape index (κ2) is 9.66. The van der Waals surface area contributed by atoms with E-state index in [4.69, 9.17) is 0 Å². The summed E-state index contributed by atoms with van der Waals surface area (Å²) in [5, 5.41) is 5.86. The maximum absolute atomic E-state index is 12.1. The lowest BCUT2D eigenvalue weighted by Crippen LogP contribution is -2.45. The van der Waals surface area contributed by atoms with E-state index in [9.17, 15) is 9.59 Å². The van der Waals surface area contributed by atoms with Crippen molar-refractivity contribution >= 4 is 17.8 Å². The van der Waals surface area contributed by atoms with Crippen LogP contribution in [-0.2, 0) is 16.0 Å². The zero-order valence-corrected chi connectivity index (χ0v) is 15.3. The van der Waals surface area contributed by atoms with E-state index in [1.807, 2.05) is 30.3 Å². The fraction of sp³-hybridized carbons (Fsp3) is 0.400. The number of hydrogen-bond acceptors (Lipinski definition) is 5. The SMILES string of the molecule is O=C(Cc1ccccc1)NCCC(=O)NC1CCN(c2ncccn2)CC1. The van der Waals surface area contributed by atoms with E-state index >= 15 is 0 Å². The number of anilines is 1. The minimum Gasteiger partial charge on any atom is -0.355 e. The topological polar surface area (TPSA) is 87.2 Å². The molecule has 142 valence electrons. The summed E-state index contributed by atoms with van der Waals surface area (Å²) in [4.78, 5) is 34.7. The smallest absolute Gasteiger partial charge is 0.225 e. The van der Waals surface area contributed by atoms with Crippen LogP contribution in [0.15, 0.2) is 48.8 Å². The number of hydrogen-bond donors (Lipinski definition) is 2. The lowest BCUT2D eigenvalue weighted by atomic mass is 10.1. The molecule has 1 aromatic heterocycles. The molecule has 2 heterocycles. The number of carbonyl (C=O) groups excluding carboxylic acids is 2. The number of rotatable bonds is 7. The Kier molecular flexibility index (Phi) is 6.73. The van der Waals surface area contributed by atoms with Gasteiger partial charge in [0.2, 0.25) is 17.8 Å². The predicted molar refractivity (Wildman–Crippen MR) is 103 cm³/mol. The molecule has 3 rings (SSSR count). The van der Waals surface area contributed by atoms with Gasteiger partial charge in [0, 0.05) is 44.5 Å². The van der Waals surface area contributed by atoms with Gasteiger partial charge in [-0.3, -0.25) is 9.59 Å². The summed E-state index contributed by atoms with van der Waals surface area (Å²) in [6.45, 7) is 2.00. The number of nitrogens with one attached hydrogen (secondary N) is 2. The highest BCUT2D eigenvalue weighted by molar-refractivity contribution is 5.80. The normalized spacial score (nSPS) is 14.6. The zero-order chi connectivity index (χ0) is 18.9. The number of aromatic nitrogens is 2. The van der Waals surface area contributed by atoms with Crippen molar-refractivity contribution in [3.05, 3.63) is 54.4 Å². The Hall–Kier alpha value is -2.96. The highest BCUT2D eigenvalue weighted by Gasteiger charge is 2.21. The maximum atomic E-state index is 12.1. The van der Waals surface area contributed by atoms with Gasteiger partial charge in [-0.15, -0.1) is 0 Å². The average Bonchev–Trinajstić information content (AvgIpc) is 2.70. The van der Waals surface area contributed by atoms with Crippen LogP contribution < -0.4 is 15.5 Å². The molecule has 0 saturated carbocycles. The molecule has 1 aliphatic heterocycles. The van der Waals surface area contributed by atoms with Gasteiger partial charge < -0.3 is 15.5 Å². The summed E-state index contributed by atoms with van der Waals surface area (Å²) in [5.74, 6) is 0.651. The van der Waals surface area contributed by atoms with E-state index in [0.717, 1.165) is 37.4 Å². The first-order chi connectivity index (χ1) is 13.2. The van der Waals surface area contributed by atoms with Crippen molar-refractivity contribution in [1.82, 2.24) is 20.6 Å². The van der Waals surface area contributed by atoms with Gasteiger partial charge >= 0.3 is 0 Å². The van der Waals surface area contributed by atoms with Crippen molar-refractivity contribution in [2.75, 3.05) is 24.5 Å². The Morgan fingerprint density at radius 3 is 2.41 bits per heavy atom. The van der Waals surface area contributed by atoms with E-state index in [1.165, 1.54) is 0 Å². The predicted octanol–water partition coefficient (Wildman–Crippen LogP) is 1.31. The van der Waals surface area contributed by atoms with Crippen LogP contribution in [0.5, 0.6) is 0 Å². The van der Waals surface area contributed by atoms with Crippen LogP contribution in [0.3, 0.4) is 0 Å². The summed E-state index contributed by atoms with van der Waals surface area (Å²) in [6.07, 6.45) is 5.84. The fourth-order valence-electron chi connectivity index (χ4n) is 3.14. The van der Waals surface area contributed by atoms with Crippen LogP contribution >= 0.6 is 0 Å². The lowest BCUT2D eigenvalue weighted by molar-refractivity contribution is -0.122. The van der Waals surface area contributed by atoms with E-state index in [1.54, 1.807) is 18.5 Å². The molecule has 0 unspecified atom stereocenters. The van der Waals surface area contributed by atoms with Crippen LogP contribution in [0.4, 0.5) is 5.95 Å². The molecule has 7 heteroatoms. The zero-order valence-electron chi connectivity index (χ0n) is 15.3. The van der Waals surface area contributed by atoms with Crippen molar-refractivity contribution in [3.8, 4) is 0 Å². The second-order valence-corrected chi connectivity index (χ2v) is 6.64. The van der Waals surface area contributed by atoms with E-state index in [-0.39, 0.29) is 17.9 Å². The van der Waals surface area contributed by atoms with Crippen molar-refractivity contribution in [2.24, 2.45) is 0 Å². The standard InChI is InChI=1S/C20H25N5O2/c26-18(7-12-21-19(27)15-16-5-2-1-3-6-16)24-17-8-13-25(14-9-17)20-22-10-4-11-23-20/h1-6,10-11,17H,7-9,12-15H2,(H,21,27)(H,24,26). The molecule has 0 radical (unpaired) electrons. The maximum Gasteiger partial charge on any atom is 0.225 e. The first-order valence-electron chi connectivity index (χ1n) is 9.32. The minimum absolute atomic E-state index is 0.0237. The van der Waals surface area contributed by atoms with Crippen LogP contribution in [-0.4, -0.2) is 47.5 Å². The number of carbonyl (C=O) groups is 2. The minimum atomic E-state index is -0.0647. The lowest BCUT2D eigenvalue weighted by Gasteiger charge is -2.32. The van der Waals surface area contributed by atoms with Gasteiger partial charge in [-0.1, -0.05) is 30.3 Å². The van der Waals surface area contributed by atoms with Gasteiger partial charge in [0.1, 0.15) is 0 Å². The third kappa shape index (κ3) is 6.06. The number of piperidine rings is 1. The molecule has 0 atom stereocenters. The van der Waals surface area contributed by atoms with Crippen molar-refractivity contribution < 1.29 is 9.59 Å². The molecular weight excluding hydrogens is 342 g/mol. The van der Waals surface area contributed by atoms with Gasteiger partial charge in [-0.05, 0) is 24.5 Å². The Bertz CT molecular complexity index is 731. The van der Waals surface area contributed by atoms with Crippen molar-refractivity contribution in [2.45, 2.75) is 31.7 Å². The van der Waals surface area contributed by atoms with Crippen molar-refractivity contribution in [1.29, 1.82) is 0 Å². The van der Waals surface area contributed by atoms with Gasteiger partial charge in [0.15, 0.2) is 0 Å². The third-order valence-corrected chi connectivity index (χ3v) is 4.58. The molecule has 1 aliphatic rings. The highest BCUT2D eigenvalue weighted by atomic mass is 16.2. The summed E-state index contributed by atoms with van der Waals surface area (Å²) >= 11 is 0. The van der Waals surface area contributed by atoms with E-state index in [2.05, 4.69) is 25.5 Å². The van der Waals surface area contributed by atoms with Gasteiger partial charge in [0.05, 0.1) is 6.42 Å². The number of amides is 2. The number of nitrogens with zero attached hydrogens (tertiary/aromatic N) is 3. The van der Waals surface area contributed by atoms with Crippen LogP contribution in [0.1, 0.15) is 24.8 Å². The Balaban J connectivity index is 1.31. The van der Waals surface area contributed by atoms with E-state index < -0.39 is 0 Å². The van der Waals surface area contributed by atoms with Crippen LogP contribution in [0.2, 0.25) is 0 Å². The fourth-order valence-corrected chi connectivity index (χ4v) is 3.14. The van der Waals surface area contributed by atoms with Crippen LogP contribution in [0.25, 0.3) is 0 Å². The molecule has 0 bridgehead atoms. The third-order valence-electron chi connectivity index (χ3n) is 4.58. The summed E-state index contributed by atoms with van der Waals surface area (Å²) in [5.41, 5.74) is 0.966. The molecule has 27 heavy (non-hydrogen) atoms. The van der Waals surface area contributed by atoms with Gasteiger partial charge in [-0.2, -0.15) is 0 Å². The summed E-state index contributed by atoms with van der Waals surface area (Å²) < 4.78 is 0. The molecule has 7 nitrogen and oxygen atoms in total. The van der Waals surface area contributed by atoms with Crippen LogP contribution in [0, 0.1) is 0 Å². The van der Waals surface area contributed by atoms with Crippen molar-refractivity contribution in [3.63, 3.8) is 0 Å². The molecule has 1 fully saturated rings. The summed E-state index contributed by atoms with van der Waals surface area (Å²) in [7, 11) is 0. The molecule has 2 N–H and O–H groups in total. The molecule has 1 aromatic carbocycles. The van der Waals surface area contributed by atoms with Gasteiger partial charge in [0.25, 0.3) is 0 Å². The molecule has 0 spiro atoms. The second-order valence-electron chi connectivity index (χ2n) is 6.64. The molecule has 2 aromatic rings. The quantitative estimate of drug-likeness (QED) is 0.770.